The van der Waals surface area contributed by atoms with Crippen molar-refractivity contribution in [1.82, 2.24) is 10.0 Å². The Kier molecular flexibility index (Phi) is 5.54. The number of rotatable bonds is 5. The molecule has 25 heavy (non-hydrogen) atoms. The molecule has 6 heteroatoms. The maximum atomic E-state index is 12.7. The fraction of sp³-hybridized carbons (Fsp3) is 0.368. The molecular formula is C19H24N2O3S. The van der Waals surface area contributed by atoms with Gasteiger partial charge in [0.05, 0.1) is 4.90 Å². The first kappa shape index (κ1) is 18.1. The van der Waals surface area contributed by atoms with Crippen molar-refractivity contribution in [2.45, 2.75) is 49.4 Å². The summed E-state index contributed by atoms with van der Waals surface area (Å²) in [5.74, 6) is 0. The van der Waals surface area contributed by atoms with E-state index in [1.54, 1.807) is 24.3 Å². The molecule has 0 bridgehead atoms. The number of aliphatic hydroxyl groups excluding tert-OH is 1. The van der Waals surface area contributed by atoms with Crippen LogP contribution < -0.4 is 10.0 Å². The van der Waals surface area contributed by atoms with E-state index in [2.05, 4.69) is 10.0 Å². The van der Waals surface area contributed by atoms with Crippen LogP contribution in [0.25, 0.3) is 0 Å². The van der Waals surface area contributed by atoms with Crippen molar-refractivity contribution in [2.75, 3.05) is 0 Å². The second kappa shape index (κ2) is 7.66. The Bertz CT molecular complexity index is 791. The maximum absolute atomic E-state index is 12.7. The van der Waals surface area contributed by atoms with Gasteiger partial charge in [-0.15, -0.1) is 0 Å². The number of sulfonamides is 1. The molecule has 0 radical (unpaired) electrons. The van der Waals surface area contributed by atoms with Gasteiger partial charge in [-0.05, 0) is 43.9 Å². The molecular weight excluding hydrogens is 336 g/mol. The van der Waals surface area contributed by atoms with Crippen LogP contribution in [0.2, 0.25) is 0 Å². The lowest BCUT2D eigenvalue weighted by molar-refractivity contribution is 0.0738. The Morgan fingerprint density at radius 2 is 1.76 bits per heavy atom. The highest BCUT2D eigenvalue weighted by Gasteiger charge is 2.32. The molecule has 1 fully saturated rings. The lowest BCUT2D eigenvalue weighted by Crippen LogP contribution is -2.57. The molecule has 1 aliphatic rings. The van der Waals surface area contributed by atoms with Crippen molar-refractivity contribution in [3.63, 3.8) is 0 Å². The minimum Gasteiger partial charge on any atom is -0.379 e. The standard InChI is InChI=1S/C19H24N2O3S/c1-14-7-9-16(10-8-14)25(23,24)21-17-11-12-19(22)20-18(17)13-15-5-3-2-4-6-15/h2-10,17-22H,11-13H2,1H3. The van der Waals surface area contributed by atoms with Crippen LogP contribution in [-0.2, 0) is 16.4 Å². The molecule has 0 aromatic heterocycles. The summed E-state index contributed by atoms with van der Waals surface area (Å²) in [6.45, 7) is 1.92. The predicted octanol–water partition coefficient (Wildman–Crippen LogP) is 1.96. The lowest BCUT2D eigenvalue weighted by atomic mass is 9.93. The van der Waals surface area contributed by atoms with Crippen molar-refractivity contribution < 1.29 is 13.5 Å². The lowest BCUT2D eigenvalue weighted by Gasteiger charge is -2.36. The van der Waals surface area contributed by atoms with Crippen LogP contribution in [-0.4, -0.2) is 31.8 Å². The van der Waals surface area contributed by atoms with Crippen LogP contribution in [0, 0.1) is 6.92 Å². The molecule has 1 aliphatic heterocycles. The second-order valence-corrected chi connectivity index (χ2v) is 8.31. The summed E-state index contributed by atoms with van der Waals surface area (Å²) in [6, 6.07) is 16.3. The van der Waals surface area contributed by atoms with Gasteiger partial charge in [-0.1, -0.05) is 48.0 Å². The summed E-state index contributed by atoms with van der Waals surface area (Å²) in [6.07, 6.45) is 1.16. The first-order chi connectivity index (χ1) is 11.9. The van der Waals surface area contributed by atoms with Gasteiger partial charge >= 0.3 is 0 Å². The van der Waals surface area contributed by atoms with E-state index in [-0.39, 0.29) is 17.0 Å². The van der Waals surface area contributed by atoms with Gasteiger partial charge in [0, 0.05) is 12.1 Å². The smallest absolute Gasteiger partial charge is 0.240 e. The predicted molar refractivity (Wildman–Crippen MR) is 97.6 cm³/mol. The van der Waals surface area contributed by atoms with Crippen LogP contribution in [0.1, 0.15) is 24.0 Å². The van der Waals surface area contributed by atoms with E-state index in [1.807, 2.05) is 37.3 Å². The molecule has 0 spiro atoms. The summed E-state index contributed by atoms with van der Waals surface area (Å²) in [5.41, 5.74) is 2.12. The first-order valence-electron chi connectivity index (χ1n) is 8.51. The van der Waals surface area contributed by atoms with Crippen LogP contribution >= 0.6 is 0 Å². The zero-order valence-electron chi connectivity index (χ0n) is 14.2. The fourth-order valence-electron chi connectivity index (χ4n) is 3.18. The van der Waals surface area contributed by atoms with E-state index in [4.69, 9.17) is 0 Å². The van der Waals surface area contributed by atoms with Crippen molar-refractivity contribution in [3.8, 4) is 0 Å². The third-order valence-electron chi connectivity index (χ3n) is 4.58. The van der Waals surface area contributed by atoms with E-state index in [1.165, 1.54) is 0 Å². The minimum absolute atomic E-state index is 0.161. The fourth-order valence-corrected chi connectivity index (χ4v) is 4.49. The van der Waals surface area contributed by atoms with Gasteiger partial charge in [-0.2, -0.15) is 0 Å². The van der Waals surface area contributed by atoms with Crippen molar-refractivity contribution in [3.05, 3.63) is 65.7 Å². The maximum Gasteiger partial charge on any atom is 0.240 e. The van der Waals surface area contributed by atoms with Gasteiger partial charge < -0.3 is 5.11 Å². The summed E-state index contributed by atoms with van der Waals surface area (Å²) >= 11 is 0. The van der Waals surface area contributed by atoms with Crippen molar-refractivity contribution in [2.24, 2.45) is 0 Å². The van der Waals surface area contributed by atoms with Crippen LogP contribution in [0.15, 0.2) is 59.5 Å². The average Bonchev–Trinajstić information content (AvgIpc) is 2.58. The molecule has 3 rings (SSSR count). The monoisotopic (exact) mass is 360 g/mol. The molecule has 134 valence electrons. The number of aryl methyl sites for hydroxylation is 1. The molecule has 1 saturated heterocycles. The van der Waals surface area contributed by atoms with E-state index < -0.39 is 16.3 Å². The van der Waals surface area contributed by atoms with E-state index in [0.29, 0.717) is 19.3 Å². The molecule has 3 unspecified atom stereocenters. The van der Waals surface area contributed by atoms with Gasteiger partial charge in [-0.3, -0.25) is 5.32 Å². The molecule has 0 aliphatic carbocycles. The molecule has 0 amide bonds. The Morgan fingerprint density at radius 1 is 1.08 bits per heavy atom. The SMILES string of the molecule is Cc1ccc(S(=O)(=O)NC2CCC(O)NC2Cc2ccccc2)cc1. The van der Waals surface area contributed by atoms with Crippen LogP contribution in [0.4, 0.5) is 0 Å². The highest BCUT2D eigenvalue weighted by molar-refractivity contribution is 7.89. The zero-order valence-corrected chi connectivity index (χ0v) is 15.0. The van der Waals surface area contributed by atoms with Gasteiger partial charge in [-0.25, -0.2) is 13.1 Å². The number of aliphatic hydroxyl groups is 1. The van der Waals surface area contributed by atoms with E-state index in [0.717, 1.165) is 11.1 Å². The van der Waals surface area contributed by atoms with Crippen molar-refractivity contribution in [1.29, 1.82) is 0 Å². The number of nitrogens with one attached hydrogen (secondary N) is 2. The molecule has 2 aromatic rings. The van der Waals surface area contributed by atoms with Crippen molar-refractivity contribution >= 4 is 10.0 Å². The highest BCUT2D eigenvalue weighted by atomic mass is 32.2. The first-order valence-corrected chi connectivity index (χ1v) is 9.99. The van der Waals surface area contributed by atoms with Crippen LogP contribution in [0.5, 0.6) is 0 Å². The Morgan fingerprint density at radius 3 is 2.44 bits per heavy atom. The molecule has 1 heterocycles. The molecule has 3 atom stereocenters. The number of hydrogen-bond acceptors (Lipinski definition) is 4. The van der Waals surface area contributed by atoms with E-state index >= 15 is 0 Å². The normalized spacial score (nSPS) is 24.2. The van der Waals surface area contributed by atoms with Gasteiger partial charge in [0.25, 0.3) is 0 Å². The molecule has 3 N–H and O–H groups in total. The number of piperidine rings is 1. The van der Waals surface area contributed by atoms with Gasteiger partial charge in [0.1, 0.15) is 6.23 Å². The highest BCUT2D eigenvalue weighted by Crippen LogP contribution is 2.19. The Hall–Kier alpha value is -1.73. The third-order valence-corrected chi connectivity index (χ3v) is 6.09. The summed E-state index contributed by atoms with van der Waals surface area (Å²) in [5, 5.41) is 13.1. The largest absolute Gasteiger partial charge is 0.379 e. The summed E-state index contributed by atoms with van der Waals surface area (Å²) in [4.78, 5) is 0.266. The van der Waals surface area contributed by atoms with Gasteiger partial charge in [0.2, 0.25) is 10.0 Å². The third kappa shape index (κ3) is 4.67. The molecule has 5 nitrogen and oxygen atoms in total. The van der Waals surface area contributed by atoms with Crippen LogP contribution in [0.3, 0.4) is 0 Å². The topological polar surface area (TPSA) is 78.4 Å². The molecule has 2 aromatic carbocycles. The molecule has 0 saturated carbocycles. The minimum atomic E-state index is -3.59. The van der Waals surface area contributed by atoms with Gasteiger partial charge in [0.15, 0.2) is 0 Å². The zero-order chi connectivity index (χ0) is 17.9. The number of benzene rings is 2. The summed E-state index contributed by atoms with van der Waals surface area (Å²) in [7, 11) is -3.59. The average molecular weight is 360 g/mol. The van der Waals surface area contributed by atoms with E-state index in [9.17, 15) is 13.5 Å². The number of hydrogen-bond donors (Lipinski definition) is 3. The Labute approximate surface area is 149 Å². The Balaban J connectivity index is 1.77. The quantitative estimate of drug-likeness (QED) is 0.762. The second-order valence-electron chi connectivity index (χ2n) is 6.60. The summed E-state index contributed by atoms with van der Waals surface area (Å²) < 4.78 is 28.2.